The molecule has 0 bridgehead atoms. The van der Waals surface area contributed by atoms with Gasteiger partial charge < -0.3 is 20.4 Å². The lowest BCUT2D eigenvalue weighted by molar-refractivity contribution is 0.0526. The van der Waals surface area contributed by atoms with Crippen LogP contribution in [0.5, 0.6) is 0 Å². The minimum absolute atomic E-state index is 0.136. The quantitative estimate of drug-likeness (QED) is 0.578. The largest absolute Gasteiger partial charge is 0.394 e. The highest BCUT2D eigenvalue weighted by Gasteiger charge is 2.18. The minimum atomic E-state index is -0.594. The van der Waals surface area contributed by atoms with Gasteiger partial charge in [0.1, 0.15) is 0 Å². The maximum atomic E-state index is 9.48. The molecular weight excluding hydrogens is 204 g/mol. The average molecular weight is 230 g/mol. The van der Waals surface area contributed by atoms with Crippen LogP contribution in [0.2, 0.25) is 0 Å². The SMILES string of the molecule is CCCN(CC(O)CO)CC1CCCNC1. The molecule has 0 aromatic rings. The van der Waals surface area contributed by atoms with Gasteiger partial charge in [0.05, 0.1) is 12.7 Å². The third-order valence-corrected chi connectivity index (χ3v) is 3.13. The molecule has 0 aromatic carbocycles. The van der Waals surface area contributed by atoms with Crippen LogP contribution in [-0.4, -0.2) is 60.5 Å². The van der Waals surface area contributed by atoms with Crippen molar-refractivity contribution in [1.82, 2.24) is 10.2 Å². The van der Waals surface area contributed by atoms with Gasteiger partial charge in [-0.05, 0) is 44.8 Å². The van der Waals surface area contributed by atoms with Crippen molar-refractivity contribution in [3.8, 4) is 0 Å². The van der Waals surface area contributed by atoms with E-state index in [0.29, 0.717) is 12.5 Å². The Morgan fingerprint density at radius 3 is 2.88 bits per heavy atom. The molecule has 0 amide bonds. The molecule has 96 valence electrons. The molecule has 1 saturated heterocycles. The minimum Gasteiger partial charge on any atom is -0.394 e. The molecule has 0 radical (unpaired) electrons. The van der Waals surface area contributed by atoms with Crippen molar-refractivity contribution in [3.63, 3.8) is 0 Å². The molecule has 1 fully saturated rings. The number of aliphatic hydroxyl groups is 2. The second kappa shape index (κ2) is 8.01. The molecular formula is C12H26N2O2. The van der Waals surface area contributed by atoms with Gasteiger partial charge in [0.25, 0.3) is 0 Å². The molecule has 0 spiro atoms. The fourth-order valence-electron chi connectivity index (χ4n) is 2.37. The Morgan fingerprint density at radius 1 is 1.50 bits per heavy atom. The molecule has 4 heteroatoms. The normalized spacial score (nSPS) is 23.6. The first-order valence-electron chi connectivity index (χ1n) is 6.48. The number of hydrogen-bond donors (Lipinski definition) is 3. The van der Waals surface area contributed by atoms with Crippen LogP contribution in [0, 0.1) is 5.92 Å². The van der Waals surface area contributed by atoms with Crippen molar-refractivity contribution in [2.45, 2.75) is 32.3 Å². The molecule has 1 heterocycles. The summed E-state index contributed by atoms with van der Waals surface area (Å²) < 4.78 is 0. The molecule has 0 saturated carbocycles. The molecule has 2 atom stereocenters. The number of rotatable bonds is 7. The van der Waals surface area contributed by atoms with Crippen molar-refractivity contribution in [1.29, 1.82) is 0 Å². The Kier molecular flexibility index (Phi) is 6.96. The Hall–Kier alpha value is -0.160. The van der Waals surface area contributed by atoms with Gasteiger partial charge in [-0.25, -0.2) is 0 Å². The van der Waals surface area contributed by atoms with Crippen LogP contribution in [0.4, 0.5) is 0 Å². The van der Waals surface area contributed by atoms with E-state index in [1.54, 1.807) is 0 Å². The lowest BCUT2D eigenvalue weighted by atomic mass is 9.99. The first-order valence-corrected chi connectivity index (χ1v) is 6.48. The summed E-state index contributed by atoms with van der Waals surface area (Å²) in [5.74, 6) is 0.700. The second-order valence-corrected chi connectivity index (χ2v) is 4.81. The summed E-state index contributed by atoms with van der Waals surface area (Å²) in [5.41, 5.74) is 0. The van der Waals surface area contributed by atoms with Crippen LogP contribution < -0.4 is 5.32 Å². The van der Waals surface area contributed by atoms with E-state index in [9.17, 15) is 5.11 Å². The van der Waals surface area contributed by atoms with E-state index in [1.165, 1.54) is 12.8 Å². The number of nitrogens with one attached hydrogen (secondary N) is 1. The summed E-state index contributed by atoms with van der Waals surface area (Å²) in [4.78, 5) is 2.28. The highest BCUT2D eigenvalue weighted by atomic mass is 16.3. The lowest BCUT2D eigenvalue weighted by Crippen LogP contribution is -2.42. The summed E-state index contributed by atoms with van der Waals surface area (Å²) >= 11 is 0. The predicted molar refractivity (Wildman–Crippen MR) is 65.4 cm³/mol. The molecule has 1 rings (SSSR count). The molecule has 3 N–H and O–H groups in total. The highest BCUT2D eigenvalue weighted by Crippen LogP contribution is 2.12. The first kappa shape index (κ1) is 13.9. The number of hydrogen-bond acceptors (Lipinski definition) is 4. The van der Waals surface area contributed by atoms with Crippen LogP contribution in [0.3, 0.4) is 0 Å². The van der Waals surface area contributed by atoms with E-state index >= 15 is 0 Å². The zero-order valence-electron chi connectivity index (χ0n) is 10.4. The molecule has 2 unspecified atom stereocenters. The number of nitrogens with zero attached hydrogens (tertiary/aromatic N) is 1. The topological polar surface area (TPSA) is 55.7 Å². The molecule has 0 aromatic heterocycles. The zero-order chi connectivity index (χ0) is 11.8. The van der Waals surface area contributed by atoms with E-state index in [-0.39, 0.29) is 6.61 Å². The summed E-state index contributed by atoms with van der Waals surface area (Å²) in [6, 6.07) is 0. The molecule has 1 aliphatic rings. The van der Waals surface area contributed by atoms with Gasteiger partial charge in [-0.15, -0.1) is 0 Å². The van der Waals surface area contributed by atoms with Crippen LogP contribution in [-0.2, 0) is 0 Å². The molecule has 16 heavy (non-hydrogen) atoms. The Bertz CT molecular complexity index is 172. The van der Waals surface area contributed by atoms with E-state index in [2.05, 4.69) is 17.1 Å². The monoisotopic (exact) mass is 230 g/mol. The van der Waals surface area contributed by atoms with E-state index < -0.39 is 6.10 Å². The fraction of sp³-hybridized carbons (Fsp3) is 1.00. The standard InChI is InChI=1S/C12H26N2O2/c1-2-6-14(9-12(16)10-15)8-11-4-3-5-13-7-11/h11-13,15-16H,2-10H2,1H3. The van der Waals surface area contributed by atoms with Crippen LogP contribution in [0.25, 0.3) is 0 Å². The van der Waals surface area contributed by atoms with E-state index in [1.807, 2.05) is 0 Å². The molecule has 4 nitrogen and oxygen atoms in total. The van der Waals surface area contributed by atoms with Crippen molar-refractivity contribution >= 4 is 0 Å². The van der Waals surface area contributed by atoms with Crippen LogP contribution in [0.15, 0.2) is 0 Å². The van der Waals surface area contributed by atoms with Gasteiger partial charge in [-0.2, -0.15) is 0 Å². The van der Waals surface area contributed by atoms with Crippen LogP contribution in [0.1, 0.15) is 26.2 Å². The van der Waals surface area contributed by atoms with Crippen molar-refractivity contribution < 1.29 is 10.2 Å². The summed E-state index contributed by atoms with van der Waals surface area (Å²) in [7, 11) is 0. The Morgan fingerprint density at radius 2 is 2.31 bits per heavy atom. The third-order valence-electron chi connectivity index (χ3n) is 3.13. The van der Waals surface area contributed by atoms with Crippen molar-refractivity contribution in [2.24, 2.45) is 5.92 Å². The van der Waals surface area contributed by atoms with Crippen LogP contribution >= 0.6 is 0 Å². The smallest absolute Gasteiger partial charge is 0.0897 e. The van der Waals surface area contributed by atoms with Crippen molar-refractivity contribution in [3.05, 3.63) is 0 Å². The van der Waals surface area contributed by atoms with E-state index in [4.69, 9.17) is 5.11 Å². The third kappa shape index (κ3) is 5.25. The Labute approximate surface area is 98.6 Å². The van der Waals surface area contributed by atoms with Gasteiger partial charge >= 0.3 is 0 Å². The molecule has 1 aliphatic heterocycles. The summed E-state index contributed by atoms with van der Waals surface area (Å²) in [6.45, 7) is 6.89. The lowest BCUT2D eigenvalue weighted by Gasteiger charge is -2.30. The average Bonchev–Trinajstić information content (AvgIpc) is 2.30. The predicted octanol–water partition coefficient (Wildman–Crippen LogP) is 0.0512. The van der Waals surface area contributed by atoms with Gasteiger partial charge in [0.2, 0.25) is 0 Å². The first-order chi connectivity index (χ1) is 7.76. The highest BCUT2D eigenvalue weighted by molar-refractivity contribution is 4.74. The maximum absolute atomic E-state index is 9.48. The van der Waals surface area contributed by atoms with Gasteiger partial charge in [-0.3, -0.25) is 0 Å². The number of aliphatic hydroxyl groups excluding tert-OH is 2. The van der Waals surface area contributed by atoms with Crippen molar-refractivity contribution in [2.75, 3.05) is 39.3 Å². The fourth-order valence-corrected chi connectivity index (χ4v) is 2.37. The summed E-state index contributed by atoms with van der Waals surface area (Å²) in [6.07, 6.45) is 3.04. The Balaban J connectivity index is 2.30. The zero-order valence-corrected chi connectivity index (χ0v) is 10.4. The van der Waals surface area contributed by atoms with E-state index in [0.717, 1.165) is 32.6 Å². The second-order valence-electron chi connectivity index (χ2n) is 4.81. The molecule has 0 aliphatic carbocycles. The summed E-state index contributed by atoms with van der Waals surface area (Å²) in [5, 5.41) is 21.8. The van der Waals surface area contributed by atoms with Gasteiger partial charge in [0.15, 0.2) is 0 Å². The van der Waals surface area contributed by atoms with Gasteiger partial charge in [0, 0.05) is 13.1 Å². The van der Waals surface area contributed by atoms with Gasteiger partial charge in [-0.1, -0.05) is 6.92 Å². The number of piperidine rings is 1. The maximum Gasteiger partial charge on any atom is 0.0897 e.